The number of likely N-dealkylation sites (N-methyl/N-ethyl adjacent to an activating group) is 1. The molecule has 1 saturated heterocycles. The highest BCUT2D eigenvalue weighted by Crippen LogP contribution is 2.33. The largest absolute Gasteiger partial charge is 0.344 e. The molecule has 0 aromatic rings. The molecule has 3 atom stereocenters. The first-order chi connectivity index (χ1) is 8.58. The monoisotopic (exact) mass is 252 g/mol. The van der Waals surface area contributed by atoms with Crippen LogP contribution in [0.25, 0.3) is 0 Å². The summed E-state index contributed by atoms with van der Waals surface area (Å²) in [5, 5.41) is 3.57. The maximum Gasteiger partial charge on any atom is 0.239 e. The van der Waals surface area contributed by atoms with Gasteiger partial charge in [-0.2, -0.15) is 0 Å². The zero-order valence-electron chi connectivity index (χ0n) is 12.1. The van der Waals surface area contributed by atoms with Crippen LogP contribution in [0.5, 0.6) is 0 Å². The number of hydrogen-bond donors (Lipinski definition) is 1. The van der Waals surface area contributed by atoms with Crippen LogP contribution in [0.3, 0.4) is 0 Å². The first-order valence-corrected chi connectivity index (χ1v) is 7.59. The fraction of sp³-hybridized carbons (Fsp3) is 0.933. The molecule has 0 aromatic heterocycles. The average Bonchev–Trinajstić information content (AvgIpc) is 2.78. The lowest BCUT2D eigenvalue weighted by atomic mass is 9.85. The minimum Gasteiger partial charge on any atom is -0.344 e. The predicted octanol–water partition coefficient (Wildman–Crippen LogP) is 2.41. The summed E-state index contributed by atoms with van der Waals surface area (Å²) >= 11 is 0. The molecule has 1 N–H and O–H groups in total. The van der Waals surface area contributed by atoms with E-state index in [4.69, 9.17) is 0 Å². The molecule has 104 valence electrons. The first-order valence-electron chi connectivity index (χ1n) is 7.59. The zero-order chi connectivity index (χ0) is 13.1. The van der Waals surface area contributed by atoms with Gasteiger partial charge in [0.05, 0.1) is 6.04 Å². The van der Waals surface area contributed by atoms with Crippen LogP contribution in [-0.4, -0.2) is 36.5 Å². The summed E-state index contributed by atoms with van der Waals surface area (Å²) in [5.41, 5.74) is 0. The highest BCUT2D eigenvalue weighted by atomic mass is 16.2. The van der Waals surface area contributed by atoms with Gasteiger partial charge >= 0.3 is 0 Å². The Balaban J connectivity index is 1.82. The highest BCUT2D eigenvalue weighted by Gasteiger charge is 2.38. The van der Waals surface area contributed by atoms with Gasteiger partial charge in [0.25, 0.3) is 0 Å². The Labute approximate surface area is 111 Å². The van der Waals surface area contributed by atoms with Crippen molar-refractivity contribution in [2.75, 3.05) is 13.6 Å². The third kappa shape index (κ3) is 3.25. The number of nitrogens with zero attached hydrogens (tertiary/aromatic N) is 1. The molecule has 3 heteroatoms. The Kier molecular flexibility index (Phi) is 4.66. The Morgan fingerprint density at radius 3 is 2.72 bits per heavy atom. The SMILES string of the molecule is CC(C)CCN(C)C(=O)C1CC2CCCCC2N1. The maximum atomic E-state index is 12.4. The third-order valence-electron chi connectivity index (χ3n) is 4.58. The molecule has 1 saturated carbocycles. The zero-order valence-corrected chi connectivity index (χ0v) is 12.1. The number of amides is 1. The standard InChI is InChI=1S/C15H28N2O/c1-11(2)8-9-17(3)15(18)14-10-12-6-4-5-7-13(12)16-14/h11-14,16H,4-10H2,1-3H3. The molecule has 1 amide bonds. The Morgan fingerprint density at radius 2 is 2.06 bits per heavy atom. The van der Waals surface area contributed by atoms with Gasteiger partial charge in [0.1, 0.15) is 0 Å². The molecule has 0 spiro atoms. The molecule has 2 fully saturated rings. The molecule has 2 aliphatic rings. The van der Waals surface area contributed by atoms with Crippen molar-refractivity contribution in [3.05, 3.63) is 0 Å². The van der Waals surface area contributed by atoms with E-state index < -0.39 is 0 Å². The topological polar surface area (TPSA) is 32.3 Å². The van der Waals surface area contributed by atoms with Crippen LogP contribution in [0.2, 0.25) is 0 Å². The quantitative estimate of drug-likeness (QED) is 0.833. The fourth-order valence-electron chi connectivity index (χ4n) is 3.34. The van der Waals surface area contributed by atoms with Gasteiger partial charge in [-0.05, 0) is 37.5 Å². The molecular formula is C15H28N2O. The minimum absolute atomic E-state index is 0.0928. The van der Waals surface area contributed by atoms with Gasteiger partial charge in [-0.25, -0.2) is 0 Å². The molecule has 3 nitrogen and oxygen atoms in total. The summed E-state index contributed by atoms with van der Waals surface area (Å²) in [6.45, 7) is 5.31. The van der Waals surface area contributed by atoms with E-state index in [2.05, 4.69) is 19.2 Å². The van der Waals surface area contributed by atoms with Crippen molar-refractivity contribution < 1.29 is 4.79 Å². The number of hydrogen-bond acceptors (Lipinski definition) is 2. The summed E-state index contributed by atoms with van der Waals surface area (Å²) in [6.07, 6.45) is 7.43. The number of carbonyl (C=O) groups excluding carboxylic acids is 1. The second-order valence-corrected chi connectivity index (χ2v) is 6.55. The molecule has 1 aliphatic heterocycles. The molecular weight excluding hydrogens is 224 g/mol. The summed E-state index contributed by atoms with van der Waals surface area (Å²) in [6, 6.07) is 0.710. The summed E-state index contributed by atoms with van der Waals surface area (Å²) in [5.74, 6) is 1.73. The number of nitrogens with one attached hydrogen (secondary N) is 1. The van der Waals surface area contributed by atoms with Crippen LogP contribution < -0.4 is 5.32 Å². The van der Waals surface area contributed by atoms with Crippen molar-refractivity contribution in [2.24, 2.45) is 11.8 Å². The predicted molar refractivity (Wildman–Crippen MR) is 74.4 cm³/mol. The lowest BCUT2D eigenvalue weighted by Gasteiger charge is -2.24. The van der Waals surface area contributed by atoms with E-state index >= 15 is 0 Å². The van der Waals surface area contributed by atoms with Crippen molar-refractivity contribution in [2.45, 2.75) is 64.5 Å². The smallest absolute Gasteiger partial charge is 0.239 e. The number of fused-ring (bicyclic) bond motifs is 1. The van der Waals surface area contributed by atoms with Gasteiger partial charge in [0, 0.05) is 19.6 Å². The summed E-state index contributed by atoms with van der Waals surface area (Å²) in [7, 11) is 1.95. The van der Waals surface area contributed by atoms with Crippen molar-refractivity contribution in [1.82, 2.24) is 10.2 Å². The van der Waals surface area contributed by atoms with E-state index in [1.54, 1.807) is 0 Å². The average molecular weight is 252 g/mol. The Hall–Kier alpha value is -0.570. The van der Waals surface area contributed by atoms with Gasteiger partial charge in [-0.15, -0.1) is 0 Å². The number of rotatable bonds is 4. The molecule has 0 radical (unpaired) electrons. The summed E-state index contributed by atoms with van der Waals surface area (Å²) in [4.78, 5) is 14.3. The molecule has 1 heterocycles. The highest BCUT2D eigenvalue weighted by molar-refractivity contribution is 5.82. The van der Waals surface area contributed by atoms with E-state index in [-0.39, 0.29) is 6.04 Å². The summed E-state index contributed by atoms with van der Waals surface area (Å²) < 4.78 is 0. The van der Waals surface area contributed by atoms with Crippen LogP contribution in [0.1, 0.15) is 52.4 Å². The van der Waals surface area contributed by atoms with Gasteiger partial charge in [0.15, 0.2) is 0 Å². The molecule has 1 aliphatic carbocycles. The van der Waals surface area contributed by atoms with Crippen LogP contribution in [-0.2, 0) is 4.79 Å². The van der Waals surface area contributed by atoms with Gasteiger partial charge in [-0.3, -0.25) is 4.79 Å². The van der Waals surface area contributed by atoms with Crippen molar-refractivity contribution in [1.29, 1.82) is 0 Å². The molecule has 2 rings (SSSR count). The Morgan fingerprint density at radius 1 is 1.33 bits per heavy atom. The molecule has 18 heavy (non-hydrogen) atoms. The van der Waals surface area contributed by atoms with Crippen molar-refractivity contribution in [3.8, 4) is 0 Å². The van der Waals surface area contributed by atoms with Gasteiger partial charge < -0.3 is 10.2 Å². The van der Waals surface area contributed by atoms with Gasteiger partial charge in [-0.1, -0.05) is 26.7 Å². The van der Waals surface area contributed by atoms with E-state index in [1.165, 1.54) is 25.7 Å². The molecule has 3 unspecified atom stereocenters. The first kappa shape index (κ1) is 13.9. The fourth-order valence-corrected chi connectivity index (χ4v) is 3.34. The second-order valence-electron chi connectivity index (χ2n) is 6.55. The lowest BCUT2D eigenvalue weighted by Crippen LogP contribution is -2.44. The van der Waals surface area contributed by atoms with Gasteiger partial charge in [0.2, 0.25) is 5.91 Å². The van der Waals surface area contributed by atoms with Crippen LogP contribution in [0, 0.1) is 11.8 Å². The number of carbonyl (C=O) groups is 1. The van der Waals surface area contributed by atoms with E-state index in [1.807, 2.05) is 11.9 Å². The van der Waals surface area contributed by atoms with Crippen molar-refractivity contribution >= 4 is 5.91 Å². The lowest BCUT2D eigenvalue weighted by molar-refractivity contribution is -0.132. The molecule has 0 bridgehead atoms. The Bertz CT molecular complexity index is 276. The second kappa shape index (κ2) is 6.05. The van der Waals surface area contributed by atoms with E-state index in [0.29, 0.717) is 17.9 Å². The maximum absolute atomic E-state index is 12.4. The van der Waals surface area contributed by atoms with E-state index in [9.17, 15) is 4.79 Å². The van der Waals surface area contributed by atoms with Crippen LogP contribution in [0.4, 0.5) is 0 Å². The molecule has 0 aromatic carbocycles. The van der Waals surface area contributed by atoms with Crippen molar-refractivity contribution in [3.63, 3.8) is 0 Å². The van der Waals surface area contributed by atoms with Crippen LogP contribution >= 0.6 is 0 Å². The van der Waals surface area contributed by atoms with Crippen LogP contribution in [0.15, 0.2) is 0 Å². The minimum atomic E-state index is 0.0928. The third-order valence-corrected chi connectivity index (χ3v) is 4.58. The van der Waals surface area contributed by atoms with E-state index in [0.717, 1.165) is 25.3 Å². The normalized spacial score (nSPS) is 31.4.